The number of nitrogens with zero attached hydrogens (tertiary/aromatic N) is 2. The van der Waals surface area contributed by atoms with Gasteiger partial charge in [-0.3, -0.25) is 9.36 Å². The van der Waals surface area contributed by atoms with Crippen LogP contribution in [0.1, 0.15) is 16.1 Å². The molecule has 9 heteroatoms. The zero-order chi connectivity index (χ0) is 16.5. The van der Waals surface area contributed by atoms with Crippen molar-refractivity contribution in [3.05, 3.63) is 52.2 Å². The van der Waals surface area contributed by atoms with Crippen LogP contribution in [0.15, 0.2) is 35.4 Å². The first-order chi connectivity index (χ1) is 10.2. The highest BCUT2D eigenvalue weighted by atomic mass is 19.4. The van der Waals surface area contributed by atoms with Gasteiger partial charge in [-0.1, -0.05) is 12.1 Å². The van der Waals surface area contributed by atoms with Crippen molar-refractivity contribution in [2.24, 2.45) is 0 Å². The molecule has 0 unspecified atom stereocenters. The van der Waals surface area contributed by atoms with Crippen molar-refractivity contribution >= 4 is 5.97 Å². The van der Waals surface area contributed by atoms with Crippen LogP contribution < -0.4 is 10.3 Å². The molecule has 0 radical (unpaired) electrons. The number of hydrogen-bond acceptors (Lipinski definition) is 4. The molecule has 6 nitrogen and oxygen atoms in total. The Balaban J connectivity index is 2.66. The normalized spacial score (nSPS) is 11.3. The maximum Gasteiger partial charge on any atom is 0.573 e. The third kappa shape index (κ3) is 3.08. The first-order valence-corrected chi connectivity index (χ1v) is 5.87. The Morgan fingerprint density at radius 2 is 1.95 bits per heavy atom. The highest BCUT2D eigenvalue weighted by Gasteiger charge is 2.32. The lowest BCUT2D eigenvalue weighted by Crippen LogP contribution is -2.28. The van der Waals surface area contributed by atoms with Gasteiger partial charge in [-0.25, -0.2) is 9.78 Å². The van der Waals surface area contributed by atoms with E-state index in [4.69, 9.17) is 5.11 Å². The molecule has 22 heavy (non-hydrogen) atoms. The van der Waals surface area contributed by atoms with Gasteiger partial charge in [0.1, 0.15) is 11.9 Å². The molecule has 0 atom stereocenters. The molecule has 0 bridgehead atoms. The summed E-state index contributed by atoms with van der Waals surface area (Å²) in [5, 5.41) is 9.01. The number of halogens is 3. The minimum Gasteiger partial charge on any atom is -0.477 e. The standard InChI is InChI=1S/C13H9F3N2O4/c1-7-10(12(20)21)11(19)18(6-17-7)8-4-2-3-5-9(8)22-13(14,15)16/h2-6H,1H3,(H,20,21). The van der Waals surface area contributed by atoms with Gasteiger partial charge < -0.3 is 9.84 Å². The molecule has 1 aromatic carbocycles. The second kappa shape index (κ2) is 5.51. The van der Waals surface area contributed by atoms with E-state index < -0.39 is 29.2 Å². The number of para-hydroxylation sites is 2. The van der Waals surface area contributed by atoms with Crippen molar-refractivity contribution in [2.75, 3.05) is 0 Å². The second-order valence-corrected chi connectivity index (χ2v) is 4.20. The average Bonchev–Trinajstić information content (AvgIpc) is 2.38. The summed E-state index contributed by atoms with van der Waals surface area (Å²) in [6, 6.07) is 4.86. The van der Waals surface area contributed by atoms with E-state index in [0.717, 1.165) is 12.4 Å². The Morgan fingerprint density at radius 3 is 2.55 bits per heavy atom. The number of carboxylic acids is 1. The highest BCUT2D eigenvalue weighted by Crippen LogP contribution is 2.28. The molecule has 1 aromatic heterocycles. The van der Waals surface area contributed by atoms with Crippen LogP contribution >= 0.6 is 0 Å². The van der Waals surface area contributed by atoms with Gasteiger partial charge in [-0.05, 0) is 19.1 Å². The van der Waals surface area contributed by atoms with Gasteiger partial charge >= 0.3 is 12.3 Å². The Hall–Kier alpha value is -2.84. The molecule has 1 N–H and O–H groups in total. The number of benzene rings is 1. The maximum absolute atomic E-state index is 12.4. The Kier molecular flexibility index (Phi) is 3.89. The van der Waals surface area contributed by atoms with Crippen LogP contribution in [0.2, 0.25) is 0 Å². The second-order valence-electron chi connectivity index (χ2n) is 4.20. The first kappa shape index (κ1) is 15.5. The van der Waals surface area contributed by atoms with Gasteiger partial charge in [0.2, 0.25) is 0 Å². The highest BCUT2D eigenvalue weighted by molar-refractivity contribution is 5.88. The molecule has 0 aliphatic rings. The Morgan fingerprint density at radius 1 is 1.32 bits per heavy atom. The number of aromatic nitrogens is 2. The number of hydrogen-bond donors (Lipinski definition) is 1. The lowest BCUT2D eigenvalue weighted by atomic mass is 10.2. The molecule has 0 saturated carbocycles. The summed E-state index contributed by atoms with van der Waals surface area (Å²) in [7, 11) is 0. The van der Waals surface area contributed by atoms with Gasteiger partial charge in [-0.15, -0.1) is 13.2 Å². The van der Waals surface area contributed by atoms with Crippen molar-refractivity contribution in [1.29, 1.82) is 0 Å². The summed E-state index contributed by atoms with van der Waals surface area (Å²) in [6.45, 7) is 1.31. The third-order valence-electron chi connectivity index (χ3n) is 2.73. The molecule has 1 heterocycles. The Labute approximate surface area is 121 Å². The number of carbonyl (C=O) groups is 1. The van der Waals surface area contributed by atoms with Crippen molar-refractivity contribution in [3.63, 3.8) is 0 Å². The fourth-order valence-corrected chi connectivity index (χ4v) is 1.82. The smallest absolute Gasteiger partial charge is 0.477 e. The molecule has 116 valence electrons. The molecule has 2 aromatic rings. The summed E-state index contributed by atoms with van der Waals surface area (Å²) < 4.78 is 41.7. The summed E-state index contributed by atoms with van der Waals surface area (Å²) in [5.41, 5.74) is -1.93. The quantitative estimate of drug-likeness (QED) is 0.938. The number of aryl methyl sites for hydroxylation is 1. The minimum absolute atomic E-state index is 0.0389. The van der Waals surface area contributed by atoms with E-state index in [1.165, 1.54) is 25.1 Å². The lowest BCUT2D eigenvalue weighted by Gasteiger charge is -2.14. The van der Waals surface area contributed by atoms with E-state index in [1.54, 1.807) is 0 Å². The molecule has 2 rings (SSSR count). The molecular formula is C13H9F3N2O4. The van der Waals surface area contributed by atoms with Crippen LogP contribution in [-0.4, -0.2) is 27.0 Å². The maximum atomic E-state index is 12.4. The predicted octanol–water partition coefficient (Wildman–Crippen LogP) is 2.14. The molecule has 0 spiro atoms. The van der Waals surface area contributed by atoms with Crippen LogP contribution in [0.4, 0.5) is 13.2 Å². The largest absolute Gasteiger partial charge is 0.573 e. The van der Waals surface area contributed by atoms with Gasteiger partial charge in [0.15, 0.2) is 5.75 Å². The third-order valence-corrected chi connectivity index (χ3v) is 2.73. The first-order valence-electron chi connectivity index (χ1n) is 5.87. The van der Waals surface area contributed by atoms with Gasteiger partial charge in [0.05, 0.1) is 11.4 Å². The fourth-order valence-electron chi connectivity index (χ4n) is 1.82. The summed E-state index contributed by atoms with van der Waals surface area (Å²) in [4.78, 5) is 27.0. The lowest BCUT2D eigenvalue weighted by molar-refractivity contribution is -0.274. The number of ether oxygens (including phenoxy) is 1. The van der Waals surface area contributed by atoms with Crippen LogP contribution in [0.25, 0.3) is 5.69 Å². The molecule has 0 aliphatic heterocycles. The predicted molar refractivity (Wildman–Crippen MR) is 68.2 cm³/mol. The van der Waals surface area contributed by atoms with E-state index in [1.807, 2.05) is 0 Å². The molecule has 0 aliphatic carbocycles. The van der Waals surface area contributed by atoms with Crippen molar-refractivity contribution < 1.29 is 27.8 Å². The van der Waals surface area contributed by atoms with Crippen molar-refractivity contribution in [3.8, 4) is 11.4 Å². The number of aromatic carboxylic acids is 1. The van der Waals surface area contributed by atoms with E-state index in [0.29, 0.717) is 4.57 Å². The van der Waals surface area contributed by atoms with Crippen LogP contribution in [0, 0.1) is 6.92 Å². The summed E-state index contributed by atoms with van der Waals surface area (Å²) in [5.74, 6) is -2.15. The monoisotopic (exact) mass is 314 g/mol. The molecule has 0 fully saturated rings. The van der Waals surface area contributed by atoms with E-state index in [9.17, 15) is 22.8 Å². The van der Waals surface area contributed by atoms with Crippen molar-refractivity contribution in [1.82, 2.24) is 9.55 Å². The summed E-state index contributed by atoms with van der Waals surface area (Å²) in [6.07, 6.45) is -4.00. The average molecular weight is 314 g/mol. The van der Waals surface area contributed by atoms with Crippen LogP contribution in [0.3, 0.4) is 0 Å². The van der Waals surface area contributed by atoms with E-state index in [2.05, 4.69) is 9.72 Å². The van der Waals surface area contributed by atoms with Gasteiger partial charge in [0.25, 0.3) is 5.56 Å². The number of rotatable bonds is 3. The SMILES string of the molecule is Cc1ncn(-c2ccccc2OC(F)(F)F)c(=O)c1C(=O)O. The topological polar surface area (TPSA) is 81.4 Å². The van der Waals surface area contributed by atoms with Gasteiger partial charge in [-0.2, -0.15) is 0 Å². The van der Waals surface area contributed by atoms with E-state index >= 15 is 0 Å². The fraction of sp³-hybridized carbons (Fsp3) is 0.154. The zero-order valence-electron chi connectivity index (χ0n) is 11.1. The minimum atomic E-state index is -4.95. The van der Waals surface area contributed by atoms with Crippen LogP contribution in [-0.2, 0) is 0 Å². The number of carboxylic acid groups (broad SMARTS) is 1. The van der Waals surface area contributed by atoms with Crippen LogP contribution in [0.5, 0.6) is 5.75 Å². The zero-order valence-corrected chi connectivity index (χ0v) is 11.1. The Bertz CT molecular complexity index is 784. The molecule has 0 amide bonds. The number of alkyl halides is 3. The van der Waals surface area contributed by atoms with E-state index in [-0.39, 0.29) is 11.4 Å². The molecule has 0 saturated heterocycles. The van der Waals surface area contributed by atoms with Crippen molar-refractivity contribution in [2.45, 2.75) is 13.3 Å². The van der Waals surface area contributed by atoms with Gasteiger partial charge in [0, 0.05) is 0 Å². The summed E-state index contributed by atoms with van der Waals surface area (Å²) >= 11 is 0. The molecular weight excluding hydrogens is 305 g/mol.